The van der Waals surface area contributed by atoms with Gasteiger partial charge in [-0.05, 0) is 194 Å². The number of benzene rings is 8. The quantitative estimate of drug-likeness (QED) is 0.159. The maximum absolute atomic E-state index is 2.84. The first kappa shape index (κ1) is 51.4. The second-order valence-electron chi connectivity index (χ2n) is 29.5. The Labute approximate surface area is 479 Å². The molecule has 3 heterocycles. The molecule has 0 N–H and O–H groups in total. The Morgan fingerprint density at radius 3 is 1.64 bits per heavy atom. The largest absolute Gasteiger partial charge is 0.334 e. The van der Waals surface area contributed by atoms with Crippen LogP contribution in [0.3, 0.4) is 0 Å². The maximum Gasteiger partial charge on any atom is 0.252 e. The van der Waals surface area contributed by atoms with E-state index in [1.807, 2.05) is 0 Å². The summed E-state index contributed by atoms with van der Waals surface area (Å²) in [5, 5.41) is 0. The average Bonchev–Trinajstić information content (AvgIpc) is 2.10. The van der Waals surface area contributed by atoms with Gasteiger partial charge in [0, 0.05) is 50.8 Å². The number of fused-ring (bicyclic) bond motifs is 9. The lowest BCUT2D eigenvalue weighted by atomic mass is 9.33. The Hall–Kier alpha value is -6.78. The molecule has 2 atom stereocenters. The highest BCUT2D eigenvalue weighted by molar-refractivity contribution is 7.00. The van der Waals surface area contributed by atoms with Gasteiger partial charge in [0.1, 0.15) is 0 Å². The van der Waals surface area contributed by atoms with E-state index < -0.39 is 0 Å². The van der Waals surface area contributed by atoms with Crippen molar-refractivity contribution in [2.45, 2.75) is 180 Å². The molecule has 6 aliphatic rings. The fourth-order valence-corrected chi connectivity index (χ4v) is 17.0. The minimum atomic E-state index is -0.147. The Morgan fingerprint density at radius 1 is 0.412 bits per heavy atom. The van der Waals surface area contributed by atoms with Crippen LogP contribution >= 0.6 is 0 Å². The van der Waals surface area contributed by atoms with Crippen LogP contribution in [-0.4, -0.2) is 12.3 Å². The lowest BCUT2D eigenvalue weighted by molar-refractivity contribution is 0.195. The zero-order chi connectivity index (χ0) is 55.8. The van der Waals surface area contributed by atoms with Gasteiger partial charge in [0.05, 0.1) is 11.2 Å². The first-order valence-corrected chi connectivity index (χ1v) is 30.3. The van der Waals surface area contributed by atoms with Gasteiger partial charge in [0.15, 0.2) is 0 Å². The molecule has 2 unspecified atom stereocenters. The van der Waals surface area contributed by atoms with E-state index in [-0.39, 0.29) is 44.7 Å². The molecule has 0 amide bonds. The molecule has 8 aromatic carbocycles. The first-order chi connectivity index (χ1) is 37.9. The second kappa shape index (κ2) is 17.1. The summed E-state index contributed by atoms with van der Waals surface area (Å²) in [4.78, 5) is 8.36. The van der Waals surface area contributed by atoms with Crippen LogP contribution in [0.25, 0.3) is 22.3 Å². The summed E-state index contributed by atoms with van der Waals surface area (Å²) < 4.78 is 0. The molecule has 0 aromatic heterocycles. The number of nitrogens with zero attached hydrogens (tertiary/aromatic N) is 3. The Kier molecular flexibility index (Phi) is 11.0. The van der Waals surface area contributed by atoms with Crippen molar-refractivity contribution in [2.75, 3.05) is 14.7 Å². The van der Waals surface area contributed by atoms with Crippen molar-refractivity contribution >= 4 is 68.6 Å². The third-order valence-corrected chi connectivity index (χ3v) is 21.5. The zero-order valence-electron chi connectivity index (χ0n) is 50.4. The SMILES string of the molecule is Cc1cc2c(cc1N1c3ccc(-c4ccccc4)cc3B3c4cc5c(cc4N(c4ccc(C(C)(C)C)cc4-c4ccccc4)c4cc(N6c7ccccc7C7(C)CCCCC67C)cc1c43)C(C)(C)CC5(C)C)C(C)(C)CCC2(C)C. The number of anilines is 8. The summed E-state index contributed by atoms with van der Waals surface area (Å²) in [6.07, 6.45) is 8.22. The summed E-state index contributed by atoms with van der Waals surface area (Å²) in [5.74, 6) is 0. The highest BCUT2D eigenvalue weighted by Crippen LogP contribution is 2.63. The minimum absolute atomic E-state index is 0.00328. The van der Waals surface area contributed by atoms with Crippen molar-refractivity contribution in [3.63, 3.8) is 0 Å². The fourth-order valence-electron chi connectivity index (χ4n) is 17.0. The van der Waals surface area contributed by atoms with Crippen LogP contribution in [0.4, 0.5) is 45.5 Å². The first-order valence-electron chi connectivity index (χ1n) is 30.3. The summed E-state index contributed by atoms with van der Waals surface area (Å²) in [6, 6.07) is 62.8. The van der Waals surface area contributed by atoms with Crippen LogP contribution in [0.5, 0.6) is 0 Å². The van der Waals surface area contributed by atoms with Crippen LogP contribution in [-0.2, 0) is 32.5 Å². The van der Waals surface area contributed by atoms with Crippen molar-refractivity contribution in [1.29, 1.82) is 0 Å². The lowest BCUT2D eigenvalue weighted by Crippen LogP contribution is -2.62. The third-order valence-electron chi connectivity index (χ3n) is 21.5. The van der Waals surface area contributed by atoms with E-state index in [9.17, 15) is 0 Å². The molecule has 8 aromatic rings. The molecule has 80 heavy (non-hydrogen) atoms. The standard InChI is InChI=1S/C76H82BN3/c1-48-39-56-58(72(7,8)38-37-71(56,5)6)45-65(48)79-64-33-31-51(49-25-17-15-18-26-49)40-60(64)77-61-44-57-59(74(11,12)47-73(57,9)10)46-66(61)78(62-34-32-52(70(2,3)4)41-54(62)50-27-19-16-20-28-50)67-42-53(43-68(79)69(67)77)80-63-30-22-21-29-55(63)75(13)35-23-24-36-76(75,80)14/h15-22,25-34,39-46H,23-24,35-38,47H2,1-14H3. The Bertz CT molecular complexity index is 3870. The van der Waals surface area contributed by atoms with E-state index in [4.69, 9.17) is 0 Å². The lowest BCUT2D eigenvalue weighted by Gasteiger charge is -2.51. The van der Waals surface area contributed by atoms with E-state index >= 15 is 0 Å². The molecule has 3 aliphatic carbocycles. The molecule has 0 radical (unpaired) electrons. The molecule has 1 saturated carbocycles. The van der Waals surface area contributed by atoms with Crippen LogP contribution in [0.15, 0.2) is 158 Å². The summed E-state index contributed by atoms with van der Waals surface area (Å²) in [6.45, 7) is 34.5. The van der Waals surface area contributed by atoms with E-state index in [0.717, 1.165) is 19.3 Å². The van der Waals surface area contributed by atoms with E-state index in [2.05, 4.69) is 269 Å². The molecule has 404 valence electrons. The zero-order valence-corrected chi connectivity index (χ0v) is 50.4. The van der Waals surface area contributed by atoms with Gasteiger partial charge in [-0.1, -0.05) is 205 Å². The van der Waals surface area contributed by atoms with Gasteiger partial charge >= 0.3 is 0 Å². The van der Waals surface area contributed by atoms with Crippen molar-refractivity contribution in [3.05, 3.63) is 197 Å². The summed E-state index contributed by atoms with van der Waals surface area (Å²) in [5.41, 5.74) is 29.4. The number of rotatable bonds is 5. The number of hydrogen-bond acceptors (Lipinski definition) is 3. The molecular formula is C76H82BN3. The second-order valence-corrected chi connectivity index (χ2v) is 29.5. The van der Waals surface area contributed by atoms with Crippen LogP contribution in [0, 0.1) is 6.92 Å². The highest BCUT2D eigenvalue weighted by atomic mass is 15.3. The van der Waals surface area contributed by atoms with Gasteiger partial charge in [-0.15, -0.1) is 0 Å². The molecule has 3 nitrogen and oxygen atoms in total. The van der Waals surface area contributed by atoms with E-state index in [1.165, 1.54) is 149 Å². The predicted octanol–water partition coefficient (Wildman–Crippen LogP) is 18.8. The van der Waals surface area contributed by atoms with Gasteiger partial charge in [0.25, 0.3) is 6.71 Å². The molecule has 0 spiro atoms. The Morgan fingerprint density at radius 2 is 0.963 bits per heavy atom. The number of para-hydroxylation sites is 1. The molecule has 0 bridgehead atoms. The van der Waals surface area contributed by atoms with E-state index in [0.29, 0.717) is 0 Å². The average molecular weight is 1050 g/mol. The third kappa shape index (κ3) is 7.31. The van der Waals surface area contributed by atoms with Gasteiger partial charge in [-0.3, -0.25) is 0 Å². The number of aryl methyl sites for hydroxylation is 1. The smallest absolute Gasteiger partial charge is 0.252 e. The predicted molar refractivity (Wildman–Crippen MR) is 344 cm³/mol. The summed E-state index contributed by atoms with van der Waals surface area (Å²) in [7, 11) is 0. The van der Waals surface area contributed by atoms with Gasteiger partial charge in [0.2, 0.25) is 0 Å². The van der Waals surface area contributed by atoms with Crippen LogP contribution < -0.4 is 31.1 Å². The van der Waals surface area contributed by atoms with Crippen molar-refractivity contribution in [1.82, 2.24) is 0 Å². The topological polar surface area (TPSA) is 9.72 Å². The fraction of sp³-hybridized carbons (Fsp3) is 0.368. The Balaban J connectivity index is 1.16. The molecule has 14 rings (SSSR count). The molecule has 4 heteroatoms. The molecular weight excluding hydrogens is 966 g/mol. The van der Waals surface area contributed by atoms with Crippen molar-refractivity contribution in [2.24, 2.45) is 0 Å². The van der Waals surface area contributed by atoms with Gasteiger partial charge in [-0.2, -0.15) is 0 Å². The molecule has 0 saturated heterocycles. The van der Waals surface area contributed by atoms with Gasteiger partial charge < -0.3 is 14.7 Å². The van der Waals surface area contributed by atoms with Crippen LogP contribution in [0.1, 0.15) is 174 Å². The minimum Gasteiger partial charge on any atom is -0.334 e. The highest BCUT2D eigenvalue weighted by Gasteiger charge is 2.58. The monoisotopic (exact) mass is 1050 g/mol. The summed E-state index contributed by atoms with van der Waals surface area (Å²) >= 11 is 0. The molecule has 3 aliphatic heterocycles. The normalized spacial score (nSPS) is 22.2. The van der Waals surface area contributed by atoms with Crippen LogP contribution in [0.2, 0.25) is 0 Å². The van der Waals surface area contributed by atoms with Crippen molar-refractivity contribution in [3.8, 4) is 22.3 Å². The van der Waals surface area contributed by atoms with Crippen molar-refractivity contribution < 1.29 is 0 Å². The number of hydrogen-bond donors (Lipinski definition) is 0. The molecule has 1 fully saturated rings. The van der Waals surface area contributed by atoms with E-state index in [1.54, 1.807) is 0 Å². The maximum atomic E-state index is 2.84. The van der Waals surface area contributed by atoms with Gasteiger partial charge in [-0.25, -0.2) is 0 Å².